The predicted octanol–water partition coefficient (Wildman–Crippen LogP) is 3.52. The molecule has 27 heavy (non-hydrogen) atoms. The molecule has 2 aromatic rings. The molecule has 2 aromatic carbocycles. The van der Waals surface area contributed by atoms with E-state index in [1.807, 2.05) is 18.2 Å². The molecule has 0 saturated heterocycles. The zero-order valence-corrected chi connectivity index (χ0v) is 15.7. The fourth-order valence-electron chi connectivity index (χ4n) is 2.16. The van der Waals surface area contributed by atoms with Crippen LogP contribution in [0, 0.1) is 27.2 Å². The molecule has 0 aliphatic rings. The fourth-order valence-corrected chi connectivity index (χ4v) is 3.10. The standard InChI is InChI=1S/C9H11N3O7S.C7H8/c1-6(2)10(20(17,18)19)8-4-3-7(11(13)14)5-9(8)12(15)16;1-7-5-3-2-4-6-7/h3-6H,1-2H3,(H,17,18,19);2-6H,1H3. The van der Waals surface area contributed by atoms with Gasteiger partial charge in [-0.25, -0.2) is 4.31 Å². The summed E-state index contributed by atoms with van der Waals surface area (Å²) in [5.74, 6) is 0. The van der Waals surface area contributed by atoms with Crippen molar-refractivity contribution >= 4 is 27.4 Å². The number of nitrogens with zero attached hydrogens (tertiary/aromatic N) is 3. The molecule has 11 heteroatoms. The highest BCUT2D eigenvalue weighted by Gasteiger charge is 2.31. The van der Waals surface area contributed by atoms with Crippen LogP contribution in [0.5, 0.6) is 0 Å². The Labute approximate surface area is 156 Å². The van der Waals surface area contributed by atoms with E-state index in [0.29, 0.717) is 10.4 Å². The van der Waals surface area contributed by atoms with Crippen molar-refractivity contribution < 1.29 is 22.8 Å². The highest BCUT2D eigenvalue weighted by molar-refractivity contribution is 7.87. The van der Waals surface area contributed by atoms with Crippen molar-refractivity contribution in [2.45, 2.75) is 26.8 Å². The highest BCUT2D eigenvalue weighted by Crippen LogP contribution is 2.34. The van der Waals surface area contributed by atoms with Crippen LogP contribution in [0.4, 0.5) is 17.1 Å². The van der Waals surface area contributed by atoms with Crippen LogP contribution in [0.3, 0.4) is 0 Å². The van der Waals surface area contributed by atoms with Gasteiger partial charge in [0.25, 0.3) is 11.4 Å². The molecular formula is C16H19N3O7S. The van der Waals surface area contributed by atoms with E-state index in [1.165, 1.54) is 19.4 Å². The van der Waals surface area contributed by atoms with E-state index in [9.17, 15) is 28.6 Å². The maximum Gasteiger partial charge on any atom is 0.360 e. The number of non-ortho nitro benzene ring substituents is 1. The average molecular weight is 397 g/mol. The number of benzene rings is 2. The maximum atomic E-state index is 11.3. The highest BCUT2D eigenvalue weighted by atomic mass is 32.2. The zero-order chi connectivity index (χ0) is 20.8. The third-order valence-electron chi connectivity index (χ3n) is 3.26. The van der Waals surface area contributed by atoms with Gasteiger partial charge in [0.1, 0.15) is 5.69 Å². The first-order chi connectivity index (χ1) is 12.4. The largest absolute Gasteiger partial charge is 0.360 e. The van der Waals surface area contributed by atoms with Crippen molar-refractivity contribution in [3.8, 4) is 0 Å². The molecule has 0 bridgehead atoms. The summed E-state index contributed by atoms with van der Waals surface area (Å²) in [4.78, 5) is 19.7. The fraction of sp³-hybridized carbons (Fsp3) is 0.250. The second-order valence-corrected chi connectivity index (χ2v) is 7.00. The van der Waals surface area contributed by atoms with Crippen molar-refractivity contribution in [1.29, 1.82) is 0 Å². The minimum Gasteiger partial charge on any atom is -0.269 e. The number of nitro benzene ring substituents is 2. The first-order valence-corrected chi connectivity index (χ1v) is 9.06. The third-order valence-corrected chi connectivity index (χ3v) is 4.38. The van der Waals surface area contributed by atoms with Crippen molar-refractivity contribution in [2.75, 3.05) is 4.31 Å². The van der Waals surface area contributed by atoms with Crippen molar-refractivity contribution in [2.24, 2.45) is 0 Å². The quantitative estimate of drug-likeness (QED) is 0.461. The Balaban J connectivity index is 0.000000433. The minimum atomic E-state index is -4.75. The third kappa shape index (κ3) is 6.31. The molecule has 146 valence electrons. The van der Waals surface area contributed by atoms with Gasteiger partial charge < -0.3 is 0 Å². The lowest BCUT2D eigenvalue weighted by atomic mass is 10.2. The first kappa shape index (κ1) is 22.0. The van der Waals surface area contributed by atoms with Crippen LogP contribution in [0.15, 0.2) is 48.5 Å². The van der Waals surface area contributed by atoms with Crippen molar-refractivity contribution in [1.82, 2.24) is 0 Å². The monoisotopic (exact) mass is 397 g/mol. The molecule has 0 atom stereocenters. The van der Waals surface area contributed by atoms with E-state index >= 15 is 0 Å². The molecule has 0 unspecified atom stereocenters. The van der Waals surface area contributed by atoms with Crippen LogP contribution >= 0.6 is 0 Å². The van der Waals surface area contributed by atoms with E-state index in [2.05, 4.69) is 19.1 Å². The van der Waals surface area contributed by atoms with Gasteiger partial charge in [-0.3, -0.25) is 24.8 Å². The summed E-state index contributed by atoms with van der Waals surface area (Å²) < 4.78 is 32.1. The number of aryl methyl sites for hydroxylation is 1. The van der Waals surface area contributed by atoms with E-state index in [1.54, 1.807) is 0 Å². The van der Waals surface area contributed by atoms with Crippen LogP contribution in [-0.4, -0.2) is 28.9 Å². The lowest BCUT2D eigenvalue weighted by Gasteiger charge is -2.24. The molecule has 0 heterocycles. The van der Waals surface area contributed by atoms with E-state index < -0.39 is 43.3 Å². The van der Waals surface area contributed by atoms with Crippen LogP contribution in [0.2, 0.25) is 0 Å². The molecule has 0 spiro atoms. The number of nitro groups is 2. The average Bonchev–Trinajstić information content (AvgIpc) is 2.54. The number of anilines is 1. The van der Waals surface area contributed by atoms with Crippen LogP contribution in [0.1, 0.15) is 19.4 Å². The molecule has 0 saturated carbocycles. The summed E-state index contributed by atoms with van der Waals surface area (Å²) in [5.41, 5.74) is -0.467. The molecule has 0 radical (unpaired) electrons. The van der Waals surface area contributed by atoms with Crippen molar-refractivity contribution in [3.63, 3.8) is 0 Å². The molecule has 0 fully saturated rings. The molecular weight excluding hydrogens is 378 g/mol. The first-order valence-electron chi connectivity index (χ1n) is 7.66. The van der Waals surface area contributed by atoms with E-state index in [-0.39, 0.29) is 0 Å². The lowest BCUT2D eigenvalue weighted by molar-refractivity contribution is -0.393. The Kier molecular flexibility index (Phi) is 7.37. The molecule has 0 aliphatic carbocycles. The summed E-state index contributed by atoms with van der Waals surface area (Å²) >= 11 is 0. The molecule has 2 rings (SSSR count). The minimum absolute atomic E-state index is 0.412. The van der Waals surface area contributed by atoms with Crippen LogP contribution in [-0.2, 0) is 10.3 Å². The van der Waals surface area contributed by atoms with Crippen LogP contribution < -0.4 is 4.31 Å². The van der Waals surface area contributed by atoms with Gasteiger partial charge in [-0.15, -0.1) is 0 Å². The second kappa shape index (κ2) is 9.05. The van der Waals surface area contributed by atoms with Gasteiger partial charge in [0.15, 0.2) is 0 Å². The summed E-state index contributed by atoms with van der Waals surface area (Å²) in [6.07, 6.45) is 0. The topological polar surface area (TPSA) is 144 Å². The molecule has 0 aromatic heterocycles. The Hall–Kier alpha value is -3.05. The predicted molar refractivity (Wildman–Crippen MR) is 100 cm³/mol. The summed E-state index contributed by atoms with van der Waals surface area (Å²) in [6.45, 7) is 4.86. The molecule has 1 N–H and O–H groups in total. The Morgan fingerprint density at radius 1 is 1.00 bits per heavy atom. The molecule has 0 amide bonds. The van der Waals surface area contributed by atoms with Crippen molar-refractivity contribution in [3.05, 3.63) is 74.3 Å². The van der Waals surface area contributed by atoms with Gasteiger partial charge in [0.2, 0.25) is 0 Å². The summed E-state index contributed by atoms with van der Waals surface area (Å²) in [7, 11) is -4.75. The van der Waals surface area contributed by atoms with Gasteiger partial charge in [0.05, 0.1) is 15.9 Å². The van der Waals surface area contributed by atoms with E-state index in [4.69, 9.17) is 4.55 Å². The van der Waals surface area contributed by atoms with E-state index in [0.717, 1.165) is 12.1 Å². The van der Waals surface area contributed by atoms with Gasteiger partial charge in [-0.2, -0.15) is 8.42 Å². The SMILES string of the molecule is CC(C)N(c1ccc([N+](=O)[O-])cc1[N+](=O)[O-])S(=O)(=O)O.Cc1ccccc1. The molecule has 0 aliphatic heterocycles. The maximum absolute atomic E-state index is 11.3. The normalized spacial score (nSPS) is 10.7. The van der Waals surface area contributed by atoms with Gasteiger partial charge in [-0.05, 0) is 26.8 Å². The van der Waals surface area contributed by atoms with Gasteiger partial charge in [0, 0.05) is 12.1 Å². The van der Waals surface area contributed by atoms with Gasteiger partial charge in [-0.1, -0.05) is 35.9 Å². The Bertz CT molecular complexity index is 915. The smallest absolute Gasteiger partial charge is 0.269 e. The number of rotatable bonds is 5. The summed E-state index contributed by atoms with van der Waals surface area (Å²) in [5, 5.41) is 21.5. The second-order valence-electron chi connectivity index (χ2n) is 5.71. The molecule has 10 nitrogen and oxygen atoms in total. The Morgan fingerprint density at radius 2 is 1.56 bits per heavy atom. The van der Waals surface area contributed by atoms with Crippen LogP contribution in [0.25, 0.3) is 0 Å². The number of hydrogen-bond donors (Lipinski definition) is 1. The number of hydrogen-bond acceptors (Lipinski definition) is 6. The van der Waals surface area contributed by atoms with Gasteiger partial charge >= 0.3 is 10.3 Å². The Morgan fingerprint density at radius 3 is 1.89 bits per heavy atom. The lowest BCUT2D eigenvalue weighted by Crippen LogP contribution is -2.36. The summed E-state index contributed by atoms with van der Waals surface area (Å²) in [6, 6.07) is 11.9. The zero-order valence-electron chi connectivity index (χ0n) is 14.8.